The Morgan fingerprint density at radius 2 is 1.95 bits per heavy atom. The van der Waals surface area contributed by atoms with Gasteiger partial charge in [0.25, 0.3) is 5.56 Å². The Hall–Kier alpha value is -2.25. The summed E-state index contributed by atoms with van der Waals surface area (Å²) in [6.07, 6.45) is 1.62. The van der Waals surface area contributed by atoms with Crippen molar-refractivity contribution in [1.82, 2.24) is 19.7 Å². The van der Waals surface area contributed by atoms with Crippen molar-refractivity contribution in [3.05, 3.63) is 40.8 Å². The average molecular weight is 302 g/mol. The van der Waals surface area contributed by atoms with Crippen LogP contribution in [0, 0.1) is 0 Å². The first kappa shape index (κ1) is 14.7. The van der Waals surface area contributed by atoms with E-state index < -0.39 is 0 Å². The second-order valence-electron chi connectivity index (χ2n) is 5.19. The van der Waals surface area contributed by atoms with Gasteiger partial charge in [0.15, 0.2) is 0 Å². The molecule has 7 heteroatoms. The third-order valence-corrected chi connectivity index (χ3v) is 3.90. The highest BCUT2D eigenvalue weighted by Gasteiger charge is 2.21. The zero-order valence-corrected chi connectivity index (χ0v) is 12.4. The van der Waals surface area contributed by atoms with E-state index in [0.29, 0.717) is 31.6 Å². The van der Waals surface area contributed by atoms with Crippen molar-refractivity contribution in [3.8, 4) is 0 Å². The summed E-state index contributed by atoms with van der Waals surface area (Å²) in [6, 6.07) is 7.24. The molecule has 1 aromatic carbocycles. The molecular weight excluding hydrogens is 284 g/mol. The molecule has 22 heavy (non-hydrogen) atoms. The summed E-state index contributed by atoms with van der Waals surface area (Å²) in [4.78, 5) is 31.5. The predicted molar refractivity (Wildman–Crippen MR) is 81.2 cm³/mol. The van der Waals surface area contributed by atoms with E-state index in [1.807, 2.05) is 17.2 Å². The lowest BCUT2D eigenvalue weighted by molar-refractivity contribution is -0.161. The van der Waals surface area contributed by atoms with Crippen LogP contribution in [0.25, 0.3) is 10.8 Å². The van der Waals surface area contributed by atoms with Crippen molar-refractivity contribution in [2.75, 3.05) is 33.3 Å². The molecule has 0 saturated carbocycles. The minimum absolute atomic E-state index is 0.0311. The zero-order chi connectivity index (χ0) is 15.5. The van der Waals surface area contributed by atoms with Gasteiger partial charge >= 0.3 is 0 Å². The maximum absolute atomic E-state index is 12.3. The summed E-state index contributed by atoms with van der Waals surface area (Å²) in [5.41, 5.74) is -0.234. The first-order valence-corrected chi connectivity index (χ1v) is 7.21. The Bertz CT molecular complexity index is 735. The van der Waals surface area contributed by atoms with Crippen molar-refractivity contribution in [2.45, 2.75) is 6.54 Å². The van der Waals surface area contributed by atoms with E-state index >= 15 is 0 Å². The van der Waals surface area contributed by atoms with Crippen LogP contribution in [0.1, 0.15) is 0 Å². The van der Waals surface area contributed by atoms with Crippen LogP contribution in [-0.2, 0) is 16.2 Å². The van der Waals surface area contributed by atoms with Gasteiger partial charge in [0.1, 0.15) is 6.54 Å². The van der Waals surface area contributed by atoms with Gasteiger partial charge in [-0.05, 0) is 6.07 Å². The molecule has 1 amide bonds. The number of nitrogens with zero attached hydrogens (tertiary/aromatic N) is 4. The number of hydrogen-bond donors (Lipinski definition) is 0. The molecule has 1 aliphatic heterocycles. The fraction of sp³-hybridized carbons (Fsp3) is 0.400. The number of amides is 1. The number of hydroxylamine groups is 2. The number of benzene rings is 1. The average Bonchev–Trinajstić information content (AvgIpc) is 2.57. The van der Waals surface area contributed by atoms with Crippen LogP contribution in [-0.4, -0.2) is 58.9 Å². The molecule has 1 saturated heterocycles. The van der Waals surface area contributed by atoms with Crippen molar-refractivity contribution < 1.29 is 9.63 Å². The van der Waals surface area contributed by atoms with E-state index in [1.165, 1.54) is 4.68 Å². The zero-order valence-electron chi connectivity index (χ0n) is 12.4. The number of piperazine rings is 1. The predicted octanol–water partition coefficient (Wildman–Crippen LogP) is 0.102. The molecular formula is C15H18N4O3. The van der Waals surface area contributed by atoms with E-state index in [9.17, 15) is 9.59 Å². The number of carbonyl (C=O) groups is 1. The fourth-order valence-electron chi connectivity index (χ4n) is 2.59. The molecule has 116 valence electrons. The first-order valence-electron chi connectivity index (χ1n) is 7.21. The molecule has 7 nitrogen and oxygen atoms in total. The molecule has 0 radical (unpaired) electrons. The normalized spacial score (nSPS) is 16.1. The summed E-state index contributed by atoms with van der Waals surface area (Å²) in [7, 11) is 1.62. The van der Waals surface area contributed by atoms with Gasteiger partial charge in [0.05, 0.1) is 18.7 Å². The van der Waals surface area contributed by atoms with Crippen LogP contribution >= 0.6 is 0 Å². The smallest absolute Gasteiger partial charge is 0.275 e. The van der Waals surface area contributed by atoms with Crippen LogP contribution in [0.3, 0.4) is 0 Å². The maximum Gasteiger partial charge on any atom is 0.275 e. The van der Waals surface area contributed by atoms with Gasteiger partial charge in [-0.3, -0.25) is 9.59 Å². The Balaban J connectivity index is 1.75. The third kappa shape index (κ3) is 2.86. The molecule has 0 bridgehead atoms. The van der Waals surface area contributed by atoms with Gasteiger partial charge in [-0.1, -0.05) is 18.2 Å². The van der Waals surface area contributed by atoms with Gasteiger partial charge < -0.3 is 9.74 Å². The van der Waals surface area contributed by atoms with Crippen molar-refractivity contribution in [3.63, 3.8) is 0 Å². The lowest BCUT2D eigenvalue weighted by Crippen LogP contribution is -2.49. The molecule has 0 spiro atoms. The summed E-state index contributed by atoms with van der Waals surface area (Å²) >= 11 is 0. The topological polar surface area (TPSA) is 67.7 Å². The van der Waals surface area contributed by atoms with E-state index in [0.717, 1.165) is 5.39 Å². The van der Waals surface area contributed by atoms with Gasteiger partial charge in [-0.2, -0.15) is 10.2 Å². The molecule has 0 N–H and O–H groups in total. The van der Waals surface area contributed by atoms with E-state index in [-0.39, 0.29) is 18.0 Å². The quantitative estimate of drug-likeness (QED) is 0.804. The minimum atomic E-state index is -0.234. The highest BCUT2D eigenvalue weighted by Crippen LogP contribution is 2.07. The van der Waals surface area contributed by atoms with E-state index in [1.54, 1.807) is 30.3 Å². The number of aromatic nitrogens is 2. The SMILES string of the molecule is CON1CCN(C(=O)Cn2ncc3ccccc3c2=O)CC1. The van der Waals surface area contributed by atoms with E-state index in [2.05, 4.69) is 5.10 Å². The fourth-order valence-corrected chi connectivity index (χ4v) is 2.59. The van der Waals surface area contributed by atoms with Gasteiger partial charge in [-0.15, -0.1) is 0 Å². The molecule has 0 atom stereocenters. The Kier molecular flexibility index (Phi) is 4.17. The number of carbonyl (C=O) groups excluding carboxylic acids is 1. The number of hydrogen-bond acceptors (Lipinski definition) is 5. The number of rotatable bonds is 3. The van der Waals surface area contributed by atoms with Crippen molar-refractivity contribution in [2.24, 2.45) is 0 Å². The third-order valence-electron chi connectivity index (χ3n) is 3.90. The highest BCUT2D eigenvalue weighted by atomic mass is 16.7. The minimum Gasteiger partial charge on any atom is -0.338 e. The summed E-state index contributed by atoms with van der Waals surface area (Å²) < 4.78 is 1.23. The number of fused-ring (bicyclic) bond motifs is 1. The van der Waals surface area contributed by atoms with Crippen molar-refractivity contribution in [1.29, 1.82) is 0 Å². The van der Waals surface area contributed by atoms with Gasteiger partial charge in [0.2, 0.25) is 5.91 Å². The summed E-state index contributed by atoms with van der Waals surface area (Å²) in [5.74, 6) is -0.0966. The second-order valence-corrected chi connectivity index (χ2v) is 5.19. The van der Waals surface area contributed by atoms with Crippen LogP contribution in [0.4, 0.5) is 0 Å². The molecule has 1 aliphatic rings. The Labute approximate surface area is 127 Å². The van der Waals surface area contributed by atoms with Crippen molar-refractivity contribution >= 4 is 16.7 Å². The highest BCUT2D eigenvalue weighted by molar-refractivity contribution is 5.81. The standard InChI is InChI=1S/C15H18N4O3/c1-22-18-8-6-17(7-9-18)14(20)11-19-15(21)13-5-3-2-4-12(13)10-16-19/h2-5,10H,6-9,11H2,1H3. The molecule has 0 unspecified atom stereocenters. The molecule has 1 aromatic heterocycles. The monoisotopic (exact) mass is 302 g/mol. The largest absolute Gasteiger partial charge is 0.338 e. The van der Waals surface area contributed by atoms with Crippen LogP contribution in [0.2, 0.25) is 0 Å². The van der Waals surface area contributed by atoms with Gasteiger partial charge in [-0.25, -0.2) is 4.68 Å². The molecule has 3 rings (SSSR count). The lowest BCUT2D eigenvalue weighted by Gasteiger charge is -2.33. The van der Waals surface area contributed by atoms with Gasteiger partial charge in [0, 0.05) is 31.6 Å². The van der Waals surface area contributed by atoms with Crippen LogP contribution in [0.5, 0.6) is 0 Å². The first-order chi connectivity index (χ1) is 10.7. The molecule has 2 heterocycles. The summed E-state index contributed by atoms with van der Waals surface area (Å²) in [5, 5.41) is 7.26. The molecule has 1 fully saturated rings. The summed E-state index contributed by atoms with van der Waals surface area (Å²) in [6.45, 7) is 2.49. The second kappa shape index (κ2) is 6.25. The maximum atomic E-state index is 12.3. The molecule has 2 aromatic rings. The lowest BCUT2D eigenvalue weighted by atomic mass is 10.2. The van der Waals surface area contributed by atoms with Crippen LogP contribution < -0.4 is 5.56 Å². The molecule has 0 aliphatic carbocycles. The van der Waals surface area contributed by atoms with E-state index in [4.69, 9.17) is 4.84 Å². The Morgan fingerprint density at radius 3 is 2.68 bits per heavy atom. The van der Waals surface area contributed by atoms with Crippen LogP contribution in [0.15, 0.2) is 35.3 Å². The Morgan fingerprint density at radius 1 is 1.23 bits per heavy atom.